The summed E-state index contributed by atoms with van der Waals surface area (Å²) >= 11 is 1.39. The zero-order valence-corrected chi connectivity index (χ0v) is 11.4. The molecule has 2 aromatic rings. The lowest BCUT2D eigenvalue weighted by Gasteiger charge is -1.97. The van der Waals surface area contributed by atoms with Gasteiger partial charge < -0.3 is 0 Å². The van der Waals surface area contributed by atoms with Gasteiger partial charge in [0.25, 0.3) is 5.91 Å². The first kappa shape index (κ1) is 13.2. The van der Waals surface area contributed by atoms with E-state index in [2.05, 4.69) is 10.5 Å². The summed E-state index contributed by atoms with van der Waals surface area (Å²) in [6.45, 7) is 1.84. The Labute approximate surface area is 116 Å². The summed E-state index contributed by atoms with van der Waals surface area (Å²) in [5, 5.41) is 5.89. The predicted octanol–water partition coefficient (Wildman–Crippen LogP) is 3.57. The van der Waals surface area contributed by atoms with Crippen molar-refractivity contribution in [3.63, 3.8) is 0 Å². The van der Waals surface area contributed by atoms with E-state index in [4.69, 9.17) is 0 Å². The number of carbonyl (C=O) groups is 1. The van der Waals surface area contributed by atoms with Crippen molar-refractivity contribution in [2.45, 2.75) is 6.92 Å². The molecule has 0 spiro atoms. The van der Waals surface area contributed by atoms with Gasteiger partial charge in [-0.2, -0.15) is 5.10 Å². The van der Waals surface area contributed by atoms with Crippen LogP contribution in [0.4, 0.5) is 0 Å². The fourth-order valence-electron chi connectivity index (χ4n) is 1.42. The number of nitrogens with one attached hydrogen (secondary N) is 1. The fourth-order valence-corrected chi connectivity index (χ4v) is 2.03. The van der Waals surface area contributed by atoms with E-state index in [1.165, 1.54) is 11.3 Å². The maximum Gasteiger partial charge on any atom is 0.281 e. The highest BCUT2D eigenvalue weighted by Crippen LogP contribution is 2.07. The van der Waals surface area contributed by atoms with Gasteiger partial charge >= 0.3 is 0 Å². The molecule has 0 saturated heterocycles. The van der Waals surface area contributed by atoms with Gasteiger partial charge in [-0.05, 0) is 30.0 Å². The van der Waals surface area contributed by atoms with Crippen molar-refractivity contribution >= 4 is 29.0 Å². The van der Waals surface area contributed by atoms with E-state index in [0.717, 1.165) is 11.3 Å². The number of hydrogen-bond donors (Lipinski definition) is 1. The van der Waals surface area contributed by atoms with Crippen molar-refractivity contribution < 1.29 is 4.79 Å². The second-order valence-corrected chi connectivity index (χ2v) is 4.86. The summed E-state index contributed by atoms with van der Waals surface area (Å²) in [6, 6.07) is 13.5. The van der Waals surface area contributed by atoms with E-state index in [9.17, 15) is 4.79 Å². The number of thiophene rings is 1. The lowest BCUT2D eigenvalue weighted by molar-refractivity contribution is 0.0959. The van der Waals surface area contributed by atoms with E-state index >= 15 is 0 Å². The van der Waals surface area contributed by atoms with Crippen molar-refractivity contribution in [2.24, 2.45) is 5.10 Å². The van der Waals surface area contributed by atoms with Crippen molar-refractivity contribution in [1.29, 1.82) is 0 Å². The average Bonchev–Trinajstić information content (AvgIpc) is 2.98. The minimum absolute atomic E-state index is 0.178. The molecule has 1 heterocycles. The van der Waals surface area contributed by atoms with Gasteiger partial charge in [-0.3, -0.25) is 4.79 Å². The van der Waals surface area contributed by atoms with Crippen LogP contribution in [-0.2, 0) is 0 Å². The smallest absolute Gasteiger partial charge is 0.266 e. The lowest BCUT2D eigenvalue weighted by atomic mass is 10.2. The fraction of sp³-hybridized carbons (Fsp3) is 0.0667. The molecule has 0 bridgehead atoms. The molecule has 96 valence electrons. The van der Waals surface area contributed by atoms with E-state index in [-0.39, 0.29) is 5.91 Å². The Morgan fingerprint density at radius 1 is 1.21 bits per heavy atom. The molecule has 4 heteroatoms. The van der Waals surface area contributed by atoms with Crippen LogP contribution < -0.4 is 5.43 Å². The van der Waals surface area contributed by atoms with Crippen LogP contribution in [0, 0.1) is 0 Å². The van der Waals surface area contributed by atoms with Crippen LogP contribution in [-0.4, -0.2) is 11.6 Å². The van der Waals surface area contributed by atoms with E-state index < -0.39 is 0 Å². The van der Waals surface area contributed by atoms with Crippen LogP contribution in [0.1, 0.15) is 22.2 Å². The molecule has 2 rings (SSSR count). The lowest BCUT2D eigenvalue weighted by Crippen LogP contribution is -2.17. The van der Waals surface area contributed by atoms with Crippen LogP contribution in [0.3, 0.4) is 0 Å². The summed E-state index contributed by atoms with van der Waals surface area (Å²) < 4.78 is 0. The quantitative estimate of drug-likeness (QED) is 0.669. The molecule has 0 fully saturated rings. The first-order chi connectivity index (χ1) is 9.25. The number of hydrazone groups is 1. The normalized spacial score (nSPS) is 11.7. The SMILES string of the molecule is CC(/C=C\c1ccccc1)=N/NC(=O)c1cccs1. The van der Waals surface area contributed by atoms with Gasteiger partial charge in [0, 0.05) is 0 Å². The number of carbonyl (C=O) groups excluding carboxylic acids is 1. The van der Waals surface area contributed by atoms with Gasteiger partial charge in [-0.15, -0.1) is 11.3 Å². The molecule has 0 aliphatic rings. The van der Waals surface area contributed by atoms with Crippen LogP contribution in [0.2, 0.25) is 0 Å². The third-order valence-electron chi connectivity index (χ3n) is 2.40. The summed E-state index contributed by atoms with van der Waals surface area (Å²) in [4.78, 5) is 12.3. The maximum atomic E-state index is 11.7. The van der Waals surface area contributed by atoms with Gasteiger partial charge in [0.15, 0.2) is 0 Å². The van der Waals surface area contributed by atoms with Gasteiger partial charge in [-0.25, -0.2) is 5.43 Å². The largest absolute Gasteiger partial charge is 0.281 e. The molecule has 1 amide bonds. The summed E-state index contributed by atoms with van der Waals surface area (Å²) in [6.07, 6.45) is 3.82. The second kappa shape index (κ2) is 6.66. The molecule has 1 N–H and O–H groups in total. The van der Waals surface area contributed by atoms with Crippen molar-refractivity contribution in [1.82, 2.24) is 5.43 Å². The Hall–Kier alpha value is -2.20. The molecular formula is C15H14N2OS. The van der Waals surface area contributed by atoms with E-state index in [1.807, 2.05) is 60.9 Å². The molecule has 0 atom stereocenters. The number of rotatable bonds is 4. The molecule has 1 aromatic heterocycles. The molecule has 0 unspecified atom stereocenters. The molecular weight excluding hydrogens is 256 g/mol. The molecule has 1 aromatic carbocycles. The van der Waals surface area contributed by atoms with Crippen LogP contribution in [0.15, 0.2) is 59.0 Å². The summed E-state index contributed by atoms with van der Waals surface area (Å²) in [5.41, 5.74) is 4.37. The Kier molecular flexibility index (Phi) is 4.64. The Morgan fingerprint density at radius 3 is 2.68 bits per heavy atom. The number of benzene rings is 1. The number of nitrogens with zero attached hydrogens (tertiary/aromatic N) is 1. The average molecular weight is 270 g/mol. The Bertz CT molecular complexity index is 586. The molecule has 0 aliphatic heterocycles. The standard InChI is InChI=1S/C15H14N2OS/c1-12(9-10-13-6-3-2-4-7-13)16-17-15(18)14-8-5-11-19-14/h2-11H,1H3,(H,17,18)/b10-9-,16-12-. The topological polar surface area (TPSA) is 41.5 Å². The second-order valence-electron chi connectivity index (χ2n) is 3.92. The zero-order valence-electron chi connectivity index (χ0n) is 10.5. The minimum Gasteiger partial charge on any atom is -0.266 e. The van der Waals surface area contributed by atoms with Crippen LogP contribution >= 0.6 is 11.3 Å². The zero-order chi connectivity index (χ0) is 13.5. The number of allylic oxidation sites excluding steroid dienone is 1. The van der Waals surface area contributed by atoms with Gasteiger partial charge in [0.1, 0.15) is 0 Å². The Balaban J connectivity index is 1.93. The highest BCUT2D eigenvalue weighted by molar-refractivity contribution is 7.12. The summed E-state index contributed by atoms with van der Waals surface area (Å²) in [5.74, 6) is -0.178. The molecule has 0 radical (unpaired) electrons. The minimum atomic E-state index is -0.178. The number of amides is 1. The maximum absolute atomic E-state index is 11.7. The highest BCUT2D eigenvalue weighted by Gasteiger charge is 2.03. The monoisotopic (exact) mass is 270 g/mol. The van der Waals surface area contributed by atoms with Gasteiger partial charge in [0.05, 0.1) is 10.6 Å². The van der Waals surface area contributed by atoms with Crippen LogP contribution in [0.25, 0.3) is 6.08 Å². The highest BCUT2D eigenvalue weighted by atomic mass is 32.1. The van der Waals surface area contributed by atoms with Gasteiger partial charge in [0.2, 0.25) is 0 Å². The Morgan fingerprint density at radius 2 is 2.00 bits per heavy atom. The first-order valence-electron chi connectivity index (χ1n) is 5.87. The van der Waals surface area contributed by atoms with Crippen molar-refractivity contribution in [2.75, 3.05) is 0 Å². The molecule has 0 saturated carbocycles. The third kappa shape index (κ3) is 4.19. The van der Waals surface area contributed by atoms with Gasteiger partial charge in [-0.1, -0.05) is 42.5 Å². The first-order valence-corrected chi connectivity index (χ1v) is 6.75. The summed E-state index contributed by atoms with van der Waals surface area (Å²) in [7, 11) is 0. The van der Waals surface area contributed by atoms with Crippen molar-refractivity contribution in [3.05, 3.63) is 64.4 Å². The number of hydrogen-bond acceptors (Lipinski definition) is 3. The molecule has 0 aliphatic carbocycles. The van der Waals surface area contributed by atoms with E-state index in [1.54, 1.807) is 6.07 Å². The predicted molar refractivity (Wildman–Crippen MR) is 80.4 cm³/mol. The van der Waals surface area contributed by atoms with Crippen LogP contribution in [0.5, 0.6) is 0 Å². The van der Waals surface area contributed by atoms with E-state index in [0.29, 0.717) is 4.88 Å². The van der Waals surface area contributed by atoms with Crippen molar-refractivity contribution in [3.8, 4) is 0 Å². The molecule has 19 heavy (non-hydrogen) atoms. The third-order valence-corrected chi connectivity index (χ3v) is 3.26. The molecule has 3 nitrogen and oxygen atoms in total.